The van der Waals surface area contributed by atoms with Crippen LogP contribution in [0.15, 0.2) is 36.4 Å². The molecular weight excluding hydrogens is 480 g/mol. The van der Waals surface area contributed by atoms with Crippen molar-refractivity contribution in [2.75, 3.05) is 32.2 Å². The number of nitrogens with one attached hydrogen (secondary N) is 2. The third-order valence-electron chi connectivity index (χ3n) is 7.50. The number of imide groups is 1. The fourth-order valence-electron chi connectivity index (χ4n) is 5.75. The van der Waals surface area contributed by atoms with Crippen LogP contribution in [0.1, 0.15) is 42.0 Å². The van der Waals surface area contributed by atoms with Gasteiger partial charge in [0, 0.05) is 36.8 Å². The number of nitrogens with zero attached hydrogens (tertiary/aromatic N) is 2. The highest BCUT2D eigenvalue weighted by molar-refractivity contribution is 6.06. The van der Waals surface area contributed by atoms with E-state index >= 15 is 0 Å². The average Bonchev–Trinajstić information content (AvgIpc) is 3.68. The number of fused-ring (bicyclic) bond motifs is 3. The number of carbonyl (C=O) groups excluding carboxylic acids is 4. The number of hydrogen-bond acceptors (Lipinski definition) is 7. The summed E-state index contributed by atoms with van der Waals surface area (Å²) >= 11 is 0. The zero-order valence-corrected chi connectivity index (χ0v) is 20.2. The van der Waals surface area contributed by atoms with Crippen LogP contribution in [-0.2, 0) is 26.3 Å². The number of amides is 5. The van der Waals surface area contributed by atoms with Gasteiger partial charge in [0.15, 0.2) is 11.5 Å². The van der Waals surface area contributed by atoms with Gasteiger partial charge in [-0.15, -0.1) is 0 Å². The zero-order chi connectivity index (χ0) is 25.7. The third kappa shape index (κ3) is 3.64. The highest BCUT2D eigenvalue weighted by atomic mass is 16.7. The van der Waals surface area contributed by atoms with Crippen LogP contribution in [0, 0.1) is 0 Å². The molecule has 4 aliphatic rings. The van der Waals surface area contributed by atoms with E-state index in [1.54, 1.807) is 23.1 Å². The molecule has 2 aromatic carbocycles. The third-order valence-corrected chi connectivity index (χ3v) is 7.50. The Bertz CT molecular complexity index is 1330. The van der Waals surface area contributed by atoms with Crippen molar-refractivity contribution in [3.63, 3.8) is 0 Å². The minimum absolute atomic E-state index is 0.133. The first kappa shape index (κ1) is 23.1. The molecule has 0 saturated carbocycles. The summed E-state index contributed by atoms with van der Waals surface area (Å²) in [7, 11) is 1.52. The van der Waals surface area contributed by atoms with E-state index in [2.05, 4.69) is 10.6 Å². The maximum Gasteiger partial charge on any atom is 0.418 e. The molecule has 192 valence electrons. The van der Waals surface area contributed by atoms with Crippen LogP contribution >= 0.6 is 0 Å². The van der Waals surface area contributed by atoms with Crippen LogP contribution in [0.25, 0.3) is 0 Å². The van der Waals surface area contributed by atoms with Gasteiger partial charge in [0.25, 0.3) is 5.91 Å². The van der Waals surface area contributed by atoms with Crippen molar-refractivity contribution in [1.29, 1.82) is 0 Å². The Hall–Kier alpha value is -4.28. The number of para-hydroxylation sites is 1. The number of anilines is 1. The molecule has 5 amide bonds. The number of hydrogen-bond donors (Lipinski definition) is 2. The summed E-state index contributed by atoms with van der Waals surface area (Å²) in [5.41, 5.74) is 1.37. The van der Waals surface area contributed by atoms with Crippen LogP contribution in [0.3, 0.4) is 0 Å². The van der Waals surface area contributed by atoms with Gasteiger partial charge in [-0.2, -0.15) is 0 Å². The largest absolute Gasteiger partial charge is 0.454 e. The summed E-state index contributed by atoms with van der Waals surface area (Å²) in [6.45, 7) is 0.252. The van der Waals surface area contributed by atoms with Gasteiger partial charge in [0.2, 0.25) is 18.3 Å². The van der Waals surface area contributed by atoms with Crippen LogP contribution < -0.4 is 20.1 Å². The second-order valence-electron chi connectivity index (χ2n) is 9.49. The first-order valence-electron chi connectivity index (χ1n) is 12.3. The molecule has 3 heterocycles. The fraction of sp³-hybridized carbons (Fsp3) is 0.385. The standard InChI is InChI=1S/C26H26N4O7/c1-27-24(33)28-16-7-8-18-15(12-16)9-10-26(18)23(32)30(25(34)37-26)13-21(31)29-11-3-5-19(29)17-4-2-6-20-22(17)36-14-35-20/h2,4,6-8,12,19H,3,5,9-11,13-14H2,1H3,(H2,27,28,33)/t19?,26-/m1/s1. The van der Waals surface area contributed by atoms with Crippen molar-refractivity contribution in [3.05, 3.63) is 53.1 Å². The first-order chi connectivity index (χ1) is 17.9. The molecule has 2 aromatic rings. The highest BCUT2D eigenvalue weighted by Crippen LogP contribution is 2.47. The van der Waals surface area contributed by atoms with Gasteiger partial charge in [-0.1, -0.05) is 18.2 Å². The molecule has 2 atom stereocenters. The average molecular weight is 507 g/mol. The van der Waals surface area contributed by atoms with Crippen molar-refractivity contribution in [2.45, 2.75) is 37.3 Å². The highest BCUT2D eigenvalue weighted by Gasteiger charge is 2.58. The lowest BCUT2D eigenvalue weighted by atomic mass is 9.94. The number of benzene rings is 2. The van der Waals surface area contributed by atoms with Gasteiger partial charge in [-0.05, 0) is 43.0 Å². The quantitative estimate of drug-likeness (QED) is 0.653. The molecule has 3 aliphatic heterocycles. The SMILES string of the molecule is CNC(=O)Nc1ccc2c(c1)CC[C@@]21OC(=O)N(CC(=O)N2CCCC2c2cccc3c2OCO3)C1=O. The van der Waals surface area contributed by atoms with E-state index < -0.39 is 24.1 Å². The first-order valence-corrected chi connectivity index (χ1v) is 12.3. The number of rotatable bonds is 4. The van der Waals surface area contributed by atoms with Crippen LogP contribution in [0.5, 0.6) is 11.5 Å². The Morgan fingerprint density at radius 2 is 2.03 bits per heavy atom. The topological polar surface area (TPSA) is 127 Å². The summed E-state index contributed by atoms with van der Waals surface area (Å²) in [5.74, 6) is 0.413. The Labute approximate surface area is 212 Å². The molecule has 0 radical (unpaired) electrons. The summed E-state index contributed by atoms with van der Waals surface area (Å²) < 4.78 is 16.8. The summed E-state index contributed by atoms with van der Waals surface area (Å²) in [6, 6.07) is 10.1. The van der Waals surface area contributed by atoms with Gasteiger partial charge in [0.05, 0.1) is 6.04 Å². The number of ether oxygens (including phenoxy) is 3. The van der Waals surface area contributed by atoms with E-state index in [0.717, 1.165) is 28.9 Å². The molecule has 11 heteroatoms. The van der Waals surface area contributed by atoms with Crippen molar-refractivity contribution in [3.8, 4) is 11.5 Å². The molecule has 0 bridgehead atoms. The van der Waals surface area contributed by atoms with E-state index in [0.29, 0.717) is 35.7 Å². The monoisotopic (exact) mass is 506 g/mol. The minimum atomic E-state index is -1.45. The summed E-state index contributed by atoms with van der Waals surface area (Å²) in [4.78, 5) is 54.1. The van der Waals surface area contributed by atoms with Crippen molar-refractivity contribution >= 4 is 29.6 Å². The number of urea groups is 1. The van der Waals surface area contributed by atoms with Crippen LogP contribution in [0.2, 0.25) is 0 Å². The van der Waals surface area contributed by atoms with Gasteiger partial charge in [-0.25, -0.2) is 14.5 Å². The Kier molecular flexibility index (Phi) is 5.43. The molecule has 2 N–H and O–H groups in total. The molecule has 2 fully saturated rings. The molecule has 1 spiro atoms. The van der Waals surface area contributed by atoms with Gasteiger partial charge in [-0.3, -0.25) is 9.59 Å². The Morgan fingerprint density at radius 1 is 1.16 bits per heavy atom. The van der Waals surface area contributed by atoms with Gasteiger partial charge < -0.3 is 29.7 Å². The molecule has 6 rings (SSSR count). The lowest BCUT2D eigenvalue weighted by Gasteiger charge is -2.27. The summed E-state index contributed by atoms with van der Waals surface area (Å²) in [6.07, 6.45) is 1.48. The van der Waals surface area contributed by atoms with E-state index in [9.17, 15) is 19.2 Å². The van der Waals surface area contributed by atoms with Gasteiger partial charge >= 0.3 is 12.1 Å². The molecule has 37 heavy (non-hydrogen) atoms. The zero-order valence-electron chi connectivity index (χ0n) is 20.2. The predicted octanol–water partition coefficient (Wildman–Crippen LogP) is 2.65. The second kappa shape index (κ2) is 8.68. The van der Waals surface area contributed by atoms with E-state index in [-0.39, 0.29) is 31.2 Å². The predicted molar refractivity (Wildman–Crippen MR) is 129 cm³/mol. The Morgan fingerprint density at radius 3 is 2.86 bits per heavy atom. The maximum absolute atomic E-state index is 13.6. The number of aryl methyl sites for hydroxylation is 1. The maximum atomic E-state index is 13.6. The van der Waals surface area contributed by atoms with Crippen LogP contribution in [-0.4, -0.2) is 60.7 Å². The minimum Gasteiger partial charge on any atom is -0.454 e. The normalized spacial score (nSPS) is 23.4. The lowest BCUT2D eigenvalue weighted by molar-refractivity contribution is -0.142. The summed E-state index contributed by atoms with van der Waals surface area (Å²) in [5, 5.41) is 5.19. The molecule has 1 aliphatic carbocycles. The van der Waals surface area contributed by atoms with Crippen molar-refractivity contribution in [1.82, 2.24) is 15.1 Å². The number of likely N-dealkylation sites (tertiary alicyclic amines) is 1. The van der Waals surface area contributed by atoms with Crippen molar-refractivity contribution < 1.29 is 33.4 Å². The van der Waals surface area contributed by atoms with E-state index in [1.165, 1.54) is 7.05 Å². The smallest absolute Gasteiger partial charge is 0.418 e. The molecule has 0 aromatic heterocycles. The molecule has 11 nitrogen and oxygen atoms in total. The van der Waals surface area contributed by atoms with E-state index in [4.69, 9.17) is 14.2 Å². The van der Waals surface area contributed by atoms with Crippen LogP contribution in [0.4, 0.5) is 15.3 Å². The Balaban J connectivity index is 1.21. The molecule has 1 unspecified atom stereocenters. The molecule has 2 saturated heterocycles. The molecular formula is C26H26N4O7. The lowest BCUT2D eigenvalue weighted by Crippen LogP contribution is -2.44. The number of carbonyl (C=O) groups is 4. The van der Waals surface area contributed by atoms with E-state index in [1.807, 2.05) is 18.2 Å². The van der Waals surface area contributed by atoms with Crippen molar-refractivity contribution in [2.24, 2.45) is 0 Å². The van der Waals surface area contributed by atoms with Gasteiger partial charge in [0.1, 0.15) is 6.54 Å². The fourth-order valence-corrected chi connectivity index (χ4v) is 5.75. The second-order valence-corrected chi connectivity index (χ2v) is 9.49.